The number of carboxylic acid groups (broad SMARTS) is 1. The summed E-state index contributed by atoms with van der Waals surface area (Å²) in [5.74, 6) is -0.774. The highest BCUT2D eigenvalue weighted by Crippen LogP contribution is 2.29. The van der Waals surface area contributed by atoms with E-state index in [4.69, 9.17) is 4.74 Å². The molecule has 2 rings (SSSR count). The van der Waals surface area contributed by atoms with Crippen LogP contribution in [0.1, 0.15) is 20.3 Å². The zero-order valence-electron chi connectivity index (χ0n) is 10.7. The largest absolute Gasteiger partial charge is 0.481 e. The molecule has 0 radical (unpaired) electrons. The van der Waals surface area contributed by atoms with Crippen molar-refractivity contribution in [2.45, 2.75) is 32.4 Å². The molecule has 0 aromatic heterocycles. The van der Waals surface area contributed by atoms with E-state index in [2.05, 4.69) is 10.6 Å². The highest BCUT2D eigenvalue weighted by Gasteiger charge is 2.48. The lowest BCUT2D eigenvalue weighted by Crippen LogP contribution is -2.54. The van der Waals surface area contributed by atoms with Gasteiger partial charge in [-0.05, 0) is 25.8 Å². The molecular formula is C12H20N2O4. The van der Waals surface area contributed by atoms with Gasteiger partial charge in [0.2, 0.25) is 5.91 Å². The van der Waals surface area contributed by atoms with Crippen LogP contribution >= 0.6 is 0 Å². The van der Waals surface area contributed by atoms with Crippen molar-refractivity contribution in [2.75, 3.05) is 19.8 Å². The van der Waals surface area contributed by atoms with E-state index in [0.717, 1.165) is 13.0 Å². The van der Waals surface area contributed by atoms with Crippen molar-refractivity contribution < 1.29 is 19.4 Å². The van der Waals surface area contributed by atoms with Gasteiger partial charge in [-0.15, -0.1) is 0 Å². The van der Waals surface area contributed by atoms with Crippen molar-refractivity contribution >= 4 is 11.9 Å². The smallest absolute Gasteiger partial charge is 0.313 e. The van der Waals surface area contributed by atoms with Crippen LogP contribution in [-0.2, 0) is 14.3 Å². The fraction of sp³-hybridized carbons (Fsp3) is 0.833. The number of amides is 1. The predicted octanol–water partition coefficient (Wildman–Crippen LogP) is -0.410. The van der Waals surface area contributed by atoms with Gasteiger partial charge in [0.25, 0.3) is 0 Å². The van der Waals surface area contributed by atoms with E-state index in [1.807, 2.05) is 6.92 Å². The standard InChI is InChI=1S/C12H20N2O4/c1-7-3-4-13-9(7)10(15)14-8-5-18-6-12(8,2)11(16)17/h7-9,13H,3-6H2,1-2H3,(H,14,15)(H,16,17). The molecule has 3 N–H and O–H groups in total. The maximum Gasteiger partial charge on any atom is 0.313 e. The minimum atomic E-state index is -1.03. The van der Waals surface area contributed by atoms with Gasteiger partial charge in [0.1, 0.15) is 5.41 Å². The quantitative estimate of drug-likeness (QED) is 0.639. The number of carbonyl (C=O) groups excluding carboxylic acids is 1. The number of ether oxygens (including phenoxy) is 1. The van der Waals surface area contributed by atoms with Gasteiger partial charge >= 0.3 is 5.97 Å². The molecule has 0 spiro atoms. The molecule has 18 heavy (non-hydrogen) atoms. The molecule has 4 unspecified atom stereocenters. The van der Waals surface area contributed by atoms with Crippen molar-refractivity contribution in [2.24, 2.45) is 11.3 Å². The third-order valence-corrected chi connectivity index (χ3v) is 4.08. The van der Waals surface area contributed by atoms with E-state index >= 15 is 0 Å². The van der Waals surface area contributed by atoms with Crippen LogP contribution in [0.2, 0.25) is 0 Å². The fourth-order valence-electron chi connectivity index (χ4n) is 2.53. The van der Waals surface area contributed by atoms with Crippen LogP contribution in [0.15, 0.2) is 0 Å². The fourth-order valence-corrected chi connectivity index (χ4v) is 2.53. The summed E-state index contributed by atoms with van der Waals surface area (Å²) in [6.07, 6.45) is 0.968. The number of hydrogen-bond donors (Lipinski definition) is 3. The van der Waals surface area contributed by atoms with Gasteiger partial charge in [0.05, 0.1) is 25.3 Å². The molecule has 2 aliphatic rings. The third-order valence-electron chi connectivity index (χ3n) is 4.08. The van der Waals surface area contributed by atoms with E-state index < -0.39 is 17.4 Å². The minimum absolute atomic E-state index is 0.122. The molecule has 1 amide bonds. The topological polar surface area (TPSA) is 87.7 Å². The van der Waals surface area contributed by atoms with Crippen LogP contribution in [0.5, 0.6) is 0 Å². The molecule has 0 bridgehead atoms. The molecule has 102 valence electrons. The second kappa shape index (κ2) is 4.85. The van der Waals surface area contributed by atoms with Crippen molar-refractivity contribution in [3.05, 3.63) is 0 Å². The van der Waals surface area contributed by atoms with Gasteiger partial charge in [-0.2, -0.15) is 0 Å². The van der Waals surface area contributed by atoms with Crippen molar-refractivity contribution in [3.63, 3.8) is 0 Å². The Morgan fingerprint density at radius 3 is 2.78 bits per heavy atom. The minimum Gasteiger partial charge on any atom is -0.481 e. The Morgan fingerprint density at radius 2 is 2.22 bits per heavy atom. The summed E-state index contributed by atoms with van der Waals surface area (Å²) in [6.45, 7) is 4.86. The lowest BCUT2D eigenvalue weighted by atomic mass is 9.85. The van der Waals surface area contributed by atoms with Gasteiger partial charge in [0.15, 0.2) is 0 Å². The van der Waals surface area contributed by atoms with E-state index in [1.165, 1.54) is 0 Å². The van der Waals surface area contributed by atoms with Crippen LogP contribution in [0.25, 0.3) is 0 Å². The lowest BCUT2D eigenvalue weighted by Gasteiger charge is -2.27. The van der Waals surface area contributed by atoms with Gasteiger partial charge in [0, 0.05) is 0 Å². The first-order chi connectivity index (χ1) is 8.45. The number of aliphatic carboxylic acids is 1. The molecule has 4 atom stereocenters. The molecule has 2 heterocycles. The predicted molar refractivity (Wildman–Crippen MR) is 64.1 cm³/mol. The average Bonchev–Trinajstić information content (AvgIpc) is 2.87. The number of carboxylic acids is 1. The SMILES string of the molecule is CC1CCNC1C(=O)NC1COCC1(C)C(=O)O. The van der Waals surface area contributed by atoms with Gasteiger partial charge in [-0.25, -0.2) is 0 Å². The Bertz CT molecular complexity index is 360. The average molecular weight is 256 g/mol. The second-order valence-corrected chi connectivity index (χ2v) is 5.50. The number of hydrogen-bond acceptors (Lipinski definition) is 4. The maximum absolute atomic E-state index is 12.1. The highest BCUT2D eigenvalue weighted by molar-refractivity contribution is 5.84. The Labute approximate surface area is 106 Å². The van der Waals surface area contributed by atoms with Crippen LogP contribution in [0, 0.1) is 11.3 Å². The summed E-state index contributed by atoms with van der Waals surface area (Å²) in [7, 11) is 0. The Morgan fingerprint density at radius 1 is 1.50 bits per heavy atom. The molecule has 2 aliphatic heterocycles. The Balaban J connectivity index is 2.00. The summed E-state index contributed by atoms with van der Waals surface area (Å²) < 4.78 is 5.21. The Hall–Kier alpha value is -1.14. The normalized spacial score (nSPS) is 39.8. The first-order valence-electron chi connectivity index (χ1n) is 6.30. The van der Waals surface area contributed by atoms with Gasteiger partial charge < -0.3 is 20.5 Å². The molecule has 2 saturated heterocycles. The third kappa shape index (κ3) is 2.22. The second-order valence-electron chi connectivity index (χ2n) is 5.50. The first-order valence-corrected chi connectivity index (χ1v) is 6.30. The molecular weight excluding hydrogens is 236 g/mol. The molecule has 0 aliphatic carbocycles. The molecule has 6 nitrogen and oxygen atoms in total. The molecule has 6 heteroatoms. The summed E-state index contributed by atoms with van der Waals surface area (Å²) in [6, 6.07) is -0.680. The highest BCUT2D eigenvalue weighted by atomic mass is 16.5. The van der Waals surface area contributed by atoms with Crippen LogP contribution in [0.3, 0.4) is 0 Å². The Kier molecular flexibility index (Phi) is 3.59. The van der Waals surface area contributed by atoms with Gasteiger partial charge in [-0.3, -0.25) is 9.59 Å². The lowest BCUT2D eigenvalue weighted by molar-refractivity contribution is -0.149. The molecule has 0 saturated carbocycles. The molecule has 0 aromatic rings. The van der Waals surface area contributed by atoms with E-state index in [9.17, 15) is 14.7 Å². The van der Waals surface area contributed by atoms with E-state index in [-0.39, 0.29) is 31.1 Å². The zero-order chi connectivity index (χ0) is 13.3. The van der Waals surface area contributed by atoms with E-state index in [0.29, 0.717) is 0 Å². The van der Waals surface area contributed by atoms with Gasteiger partial charge in [-0.1, -0.05) is 6.92 Å². The summed E-state index contributed by atoms with van der Waals surface area (Å²) in [4.78, 5) is 23.4. The summed E-state index contributed by atoms with van der Waals surface area (Å²) in [5, 5.41) is 15.2. The number of carbonyl (C=O) groups is 2. The van der Waals surface area contributed by atoms with Crippen molar-refractivity contribution in [1.82, 2.24) is 10.6 Å². The van der Waals surface area contributed by atoms with E-state index in [1.54, 1.807) is 6.92 Å². The molecule has 2 fully saturated rings. The summed E-state index contributed by atoms with van der Waals surface area (Å²) in [5.41, 5.74) is -1.03. The first kappa shape index (κ1) is 13.3. The molecule has 0 aromatic carbocycles. The van der Waals surface area contributed by atoms with Crippen LogP contribution in [-0.4, -0.2) is 48.8 Å². The zero-order valence-corrected chi connectivity index (χ0v) is 10.7. The van der Waals surface area contributed by atoms with Crippen molar-refractivity contribution in [3.8, 4) is 0 Å². The monoisotopic (exact) mass is 256 g/mol. The van der Waals surface area contributed by atoms with Crippen LogP contribution < -0.4 is 10.6 Å². The number of rotatable bonds is 3. The van der Waals surface area contributed by atoms with Crippen molar-refractivity contribution in [1.29, 1.82) is 0 Å². The summed E-state index contributed by atoms with van der Waals surface area (Å²) >= 11 is 0. The van der Waals surface area contributed by atoms with Crippen LogP contribution in [0.4, 0.5) is 0 Å². The maximum atomic E-state index is 12.1. The number of nitrogens with one attached hydrogen (secondary N) is 2.